The van der Waals surface area contributed by atoms with E-state index < -0.39 is 0 Å². The first-order chi connectivity index (χ1) is 6.27. The first kappa shape index (κ1) is 8.76. The van der Waals surface area contributed by atoms with Gasteiger partial charge < -0.3 is 14.7 Å². The molecule has 2 unspecified atom stereocenters. The van der Waals surface area contributed by atoms with Crippen molar-refractivity contribution >= 4 is 25.5 Å². The third-order valence-corrected chi connectivity index (χ3v) is 4.51. The van der Waals surface area contributed by atoms with Crippen molar-refractivity contribution in [1.29, 1.82) is 0 Å². The molecule has 0 aromatic carbocycles. The summed E-state index contributed by atoms with van der Waals surface area (Å²) in [6.45, 7) is 0. The largest absolute Gasteiger partial charge is 0.494 e. The fourth-order valence-corrected chi connectivity index (χ4v) is 4.28. The van der Waals surface area contributed by atoms with Crippen molar-refractivity contribution in [3.05, 3.63) is 6.07 Å². The quantitative estimate of drug-likeness (QED) is 0.607. The number of aromatic nitrogens is 4. The van der Waals surface area contributed by atoms with E-state index in [4.69, 9.17) is 5.11 Å². The van der Waals surface area contributed by atoms with Crippen molar-refractivity contribution in [2.24, 2.45) is 0 Å². The molecular weight excluding hydrogens is 229 g/mol. The zero-order valence-electron chi connectivity index (χ0n) is 6.31. The molecule has 2 heterocycles. The molecule has 2 rings (SSSR count). The van der Waals surface area contributed by atoms with E-state index in [0.29, 0.717) is 14.2 Å². The number of nitrogens with zero attached hydrogens (tertiary/aromatic N) is 2. The van der Waals surface area contributed by atoms with Crippen LogP contribution in [0.15, 0.2) is 6.07 Å². The predicted octanol–water partition coefficient (Wildman–Crippen LogP) is 1.71. The number of nitrogens with one attached hydrogen (secondary N) is 2. The fraction of sp³-hybridized carbons (Fsp3) is 0. The number of H-pyrrole nitrogens is 2. The second-order valence-electron chi connectivity index (χ2n) is 2.25. The maximum atomic E-state index is 9.36. The Kier molecular flexibility index (Phi) is 2.36. The van der Waals surface area contributed by atoms with Crippen LogP contribution >= 0.6 is 25.5 Å². The van der Waals surface area contributed by atoms with Crippen molar-refractivity contribution in [3.63, 3.8) is 0 Å². The van der Waals surface area contributed by atoms with Gasteiger partial charge in [-0.3, -0.25) is 9.08 Å². The Labute approximate surface area is 78.0 Å². The molecule has 9 heteroatoms. The molecule has 6 nitrogen and oxygen atoms in total. The highest BCUT2D eigenvalue weighted by atomic mass is 31.1. The van der Waals surface area contributed by atoms with Gasteiger partial charge in [-0.15, -0.1) is 0 Å². The van der Waals surface area contributed by atoms with E-state index in [0.717, 1.165) is 8.51 Å². The monoisotopic (exact) mass is 236 g/mol. The van der Waals surface area contributed by atoms with Crippen LogP contribution in [0.5, 0.6) is 11.8 Å². The zero-order chi connectivity index (χ0) is 9.26. The molecule has 2 aromatic rings. The van der Waals surface area contributed by atoms with Gasteiger partial charge in [-0.2, -0.15) is 4.51 Å². The van der Waals surface area contributed by atoms with Crippen molar-refractivity contribution in [2.45, 2.75) is 0 Å². The van der Waals surface area contributed by atoms with Crippen LogP contribution in [0.25, 0.3) is 5.69 Å². The molecule has 0 aliphatic rings. The highest BCUT2D eigenvalue weighted by Gasteiger charge is 2.06. The van der Waals surface area contributed by atoms with Gasteiger partial charge in [0.2, 0.25) is 5.88 Å². The summed E-state index contributed by atoms with van der Waals surface area (Å²) in [5.74, 6) is -0.0571. The van der Waals surface area contributed by atoms with Crippen LogP contribution in [0.4, 0.5) is 0 Å². The molecule has 2 aromatic heterocycles. The molecule has 0 spiro atoms. The molecule has 70 valence electrons. The Balaban J connectivity index is 2.53. The Bertz CT molecular complexity index is 419. The molecule has 0 radical (unpaired) electrons. The van der Waals surface area contributed by atoms with E-state index in [1.807, 2.05) is 4.09 Å². The Morgan fingerprint density at radius 1 is 1.54 bits per heavy atom. The number of hydrogen-bond donors (Lipinski definition) is 4. The van der Waals surface area contributed by atoms with Crippen molar-refractivity contribution in [3.8, 4) is 17.4 Å². The molecule has 0 aliphatic heterocycles. The maximum Gasteiger partial charge on any atom is 0.216 e. The molecule has 0 amide bonds. The number of aromatic hydroxyl groups is 2. The van der Waals surface area contributed by atoms with Gasteiger partial charge in [0, 0.05) is 23.1 Å². The molecule has 0 fully saturated rings. The van der Waals surface area contributed by atoms with Crippen LogP contribution in [0.1, 0.15) is 0 Å². The number of aromatic amines is 2. The fourth-order valence-electron chi connectivity index (χ4n) is 0.893. The van der Waals surface area contributed by atoms with Gasteiger partial charge in [0.15, 0.2) is 5.88 Å². The molecule has 0 aliphatic carbocycles. The van der Waals surface area contributed by atoms with Crippen molar-refractivity contribution in [1.82, 2.24) is 18.1 Å². The van der Waals surface area contributed by atoms with E-state index in [9.17, 15) is 5.11 Å². The van der Waals surface area contributed by atoms with Gasteiger partial charge in [-0.25, -0.2) is 0 Å². The van der Waals surface area contributed by atoms with Crippen LogP contribution in [-0.2, 0) is 0 Å². The third-order valence-electron chi connectivity index (χ3n) is 1.41. The molecular formula is C4H7N4O2P3. The highest BCUT2D eigenvalue weighted by Crippen LogP contribution is 2.30. The molecule has 13 heavy (non-hydrogen) atoms. The molecule has 0 saturated heterocycles. The molecule has 0 saturated carbocycles. The van der Waals surface area contributed by atoms with Crippen molar-refractivity contribution < 1.29 is 10.2 Å². The van der Waals surface area contributed by atoms with Gasteiger partial charge in [0.1, 0.15) is 14.2 Å². The van der Waals surface area contributed by atoms with Crippen LogP contribution < -0.4 is 0 Å². The molecule has 4 N–H and O–H groups in total. The van der Waals surface area contributed by atoms with E-state index in [1.165, 1.54) is 6.07 Å². The number of hydrogen-bond acceptors (Lipinski definition) is 3. The predicted molar refractivity (Wildman–Crippen MR) is 54.7 cm³/mol. The summed E-state index contributed by atoms with van der Waals surface area (Å²) in [6, 6.07) is 1.48. The van der Waals surface area contributed by atoms with Crippen LogP contribution in [0, 0.1) is 0 Å². The Morgan fingerprint density at radius 3 is 2.92 bits per heavy atom. The summed E-state index contributed by atoms with van der Waals surface area (Å²) in [5, 5.41) is 18.4. The summed E-state index contributed by atoms with van der Waals surface area (Å²) >= 11 is 0. The molecule has 2 atom stereocenters. The van der Waals surface area contributed by atoms with E-state index in [1.54, 1.807) is 0 Å². The summed E-state index contributed by atoms with van der Waals surface area (Å²) in [6.07, 6.45) is 0. The van der Waals surface area contributed by atoms with Gasteiger partial charge in [0.05, 0.1) is 0 Å². The number of rotatable bonds is 1. The van der Waals surface area contributed by atoms with Gasteiger partial charge in [-0.05, 0) is 0 Å². The van der Waals surface area contributed by atoms with Crippen LogP contribution in [0.3, 0.4) is 0 Å². The minimum atomic E-state index is -0.0368. The normalized spacial score (nSPS) is 12.0. The average Bonchev–Trinajstić information content (AvgIpc) is 2.47. The highest BCUT2D eigenvalue weighted by molar-refractivity contribution is 7.44. The Hall–Kier alpha value is -0.820. The zero-order valence-corrected chi connectivity index (χ0v) is 9.21. The average molecular weight is 236 g/mol. The first-order valence-corrected chi connectivity index (χ1v) is 6.03. The van der Waals surface area contributed by atoms with Crippen LogP contribution in [-0.4, -0.2) is 28.3 Å². The lowest BCUT2D eigenvalue weighted by atomic mass is 10.5. The van der Waals surface area contributed by atoms with Crippen LogP contribution in [0.2, 0.25) is 0 Å². The summed E-state index contributed by atoms with van der Waals surface area (Å²) in [5.41, 5.74) is 0.584. The second kappa shape index (κ2) is 3.51. The van der Waals surface area contributed by atoms with E-state index >= 15 is 0 Å². The minimum Gasteiger partial charge on any atom is -0.494 e. The SMILES string of the molecule is Oc1cc(-n2[pH]np[nH][pH]2)c(O)[nH]1. The summed E-state index contributed by atoms with van der Waals surface area (Å²) in [7, 11) is 1.54. The van der Waals surface area contributed by atoms with E-state index in [2.05, 4.69) is 14.0 Å². The first-order valence-electron chi connectivity index (χ1n) is 3.34. The standard InChI is InChI=1S/C4H7N4O2P3/c9-3-1-2(4(10)5-3)8-12-6-11-7-13-8/h1,5,9-10,12-13H,(H,6,7). The third kappa shape index (κ3) is 1.75. The summed E-state index contributed by atoms with van der Waals surface area (Å²) < 4.78 is 8.99. The van der Waals surface area contributed by atoms with E-state index in [-0.39, 0.29) is 20.3 Å². The summed E-state index contributed by atoms with van der Waals surface area (Å²) in [4.78, 5) is 2.41. The second-order valence-corrected chi connectivity index (χ2v) is 5.91. The Morgan fingerprint density at radius 2 is 2.38 bits per heavy atom. The van der Waals surface area contributed by atoms with Gasteiger partial charge in [0.25, 0.3) is 0 Å². The molecule has 0 bridgehead atoms. The van der Waals surface area contributed by atoms with Gasteiger partial charge in [-0.1, -0.05) is 0 Å². The smallest absolute Gasteiger partial charge is 0.216 e. The topological polar surface area (TPSA) is 89.9 Å². The lowest BCUT2D eigenvalue weighted by Crippen LogP contribution is -1.81. The maximum absolute atomic E-state index is 9.36. The minimum absolute atomic E-state index is 0.0203. The van der Waals surface area contributed by atoms with Gasteiger partial charge >= 0.3 is 0 Å². The lowest BCUT2D eigenvalue weighted by Gasteiger charge is -2.00. The van der Waals surface area contributed by atoms with Crippen molar-refractivity contribution in [2.75, 3.05) is 0 Å². The lowest BCUT2D eigenvalue weighted by molar-refractivity contribution is 0.425.